The van der Waals surface area contributed by atoms with Crippen molar-refractivity contribution < 1.29 is 4.74 Å². The number of thiophene rings is 1. The van der Waals surface area contributed by atoms with Crippen LogP contribution in [0.4, 0.5) is 0 Å². The summed E-state index contributed by atoms with van der Waals surface area (Å²) in [5, 5.41) is 9.35. The van der Waals surface area contributed by atoms with E-state index in [1.165, 1.54) is 25.7 Å². The first-order valence-corrected chi connectivity index (χ1v) is 6.80. The van der Waals surface area contributed by atoms with Crippen molar-refractivity contribution in [3.05, 3.63) is 17.3 Å². The van der Waals surface area contributed by atoms with E-state index in [1.54, 1.807) is 18.4 Å². The fourth-order valence-electron chi connectivity index (χ4n) is 2.31. The summed E-state index contributed by atoms with van der Waals surface area (Å²) in [6.07, 6.45) is 5.10. The number of rotatable bonds is 3. The Kier molecular flexibility index (Phi) is 2.84. The first-order chi connectivity index (χ1) is 8.36. The van der Waals surface area contributed by atoms with Gasteiger partial charge in [0.15, 0.2) is 5.82 Å². The third kappa shape index (κ3) is 2.07. The lowest BCUT2D eigenvalue weighted by Gasteiger charge is -2.01. The summed E-state index contributed by atoms with van der Waals surface area (Å²) in [6, 6.07) is 1.98. The summed E-state index contributed by atoms with van der Waals surface area (Å²) in [4.78, 5) is 5.66. The molecule has 0 unspecified atom stereocenters. The largest absolute Gasteiger partial charge is 0.496 e. The molecule has 4 nitrogen and oxygen atoms in total. The minimum atomic E-state index is 0.582. The van der Waals surface area contributed by atoms with Crippen LogP contribution in [-0.2, 0) is 0 Å². The number of hydrogen-bond acceptors (Lipinski definition) is 4. The lowest BCUT2D eigenvalue weighted by molar-refractivity contribution is 0.417. The average molecular weight is 249 g/mol. The molecule has 0 amide bonds. The van der Waals surface area contributed by atoms with Gasteiger partial charge in [0, 0.05) is 17.4 Å². The van der Waals surface area contributed by atoms with Gasteiger partial charge in [-0.15, -0.1) is 11.3 Å². The molecule has 1 saturated carbocycles. The average Bonchev–Trinajstić information content (AvgIpc) is 3.09. The molecule has 1 N–H and O–H groups in total. The van der Waals surface area contributed by atoms with E-state index in [-0.39, 0.29) is 0 Å². The molecule has 90 valence electrons. The van der Waals surface area contributed by atoms with Crippen LogP contribution in [0.2, 0.25) is 0 Å². The van der Waals surface area contributed by atoms with E-state index in [0.29, 0.717) is 5.92 Å². The van der Waals surface area contributed by atoms with Crippen molar-refractivity contribution in [3.8, 4) is 16.5 Å². The zero-order chi connectivity index (χ0) is 11.7. The Morgan fingerprint density at radius 3 is 2.94 bits per heavy atom. The van der Waals surface area contributed by atoms with E-state index in [4.69, 9.17) is 4.74 Å². The number of aromatic nitrogens is 3. The van der Waals surface area contributed by atoms with Crippen molar-refractivity contribution in [2.24, 2.45) is 0 Å². The standard InChI is InChI=1S/C12H15N3OS/c1-16-9-6-10(17-7-9)12-13-11(14-15-12)8-4-2-3-5-8/h6-8H,2-5H2,1H3,(H,13,14,15). The van der Waals surface area contributed by atoms with Crippen LogP contribution in [-0.4, -0.2) is 22.3 Å². The van der Waals surface area contributed by atoms with Crippen LogP contribution in [0.1, 0.15) is 37.4 Å². The van der Waals surface area contributed by atoms with E-state index in [2.05, 4.69) is 15.2 Å². The third-order valence-electron chi connectivity index (χ3n) is 3.28. The predicted molar refractivity (Wildman–Crippen MR) is 67.5 cm³/mol. The fourth-order valence-corrected chi connectivity index (χ4v) is 3.10. The highest BCUT2D eigenvalue weighted by molar-refractivity contribution is 7.13. The highest BCUT2D eigenvalue weighted by Gasteiger charge is 2.21. The Bertz CT molecular complexity index is 499. The molecule has 0 atom stereocenters. The Balaban J connectivity index is 1.83. The molecular formula is C12H15N3OS. The van der Waals surface area contributed by atoms with E-state index in [1.807, 2.05) is 11.4 Å². The van der Waals surface area contributed by atoms with Gasteiger partial charge in [-0.2, -0.15) is 5.10 Å². The molecule has 0 aromatic carbocycles. The molecule has 5 heteroatoms. The van der Waals surface area contributed by atoms with Crippen LogP contribution in [0, 0.1) is 0 Å². The monoisotopic (exact) mass is 249 g/mol. The first kappa shape index (κ1) is 10.8. The lowest BCUT2D eigenvalue weighted by atomic mass is 10.1. The number of ether oxygens (including phenoxy) is 1. The number of nitrogens with zero attached hydrogens (tertiary/aromatic N) is 2. The Labute approximate surface area is 104 Å². The summed E-state index contributed by atoms with van der Waals surface area (Å²) >= 11 is 1.61. The topological polar surface area (TPSA) is 50.8 Å². The maximum atomic E-state index is 5.17. The minimum absolute atomic E-state index is 0.582. The van der Waals surface area contributed by atoms with E-state index >= 15 is 0 Å². The zero-order valence-electron chi connectivity index (χ0n) is 9.77. The lowest BCUT2D eigenvalue weighted by Crippen LogP contribution is -1.94. The molecule has 0 bridgehead atoms. The van der Waals surface area contributed by atoms with Gasteiger partial charge in [-0.25, -0.2) is 4.98 Å². The summed E-state index contributed by atoms with van der Waals surface area (Å²) in [7, 11) is 1.67. The molecule has 0 spiro atoms. The predicted octanol–water partition coefficient (Wildman–Crippen LogP) is 3.20. The van der Waals surface area contributed by atoms with Gasteiger partial charge in [-0.05, 0) is 12.8 Å². The van der Waals surface area contributed by atoms with Gasteiger partial charge in [-0.3, -0.25) is 5.10 Å². The quantitative estimate of drug-likeness (QED) is 0.908. The maximum absolute atomic E-state index is 5.17. The van der Waals surface area contributed by atoms with Crippen molar-refractivity contribution >= 4 is 11.3 Å². The van der Waals surface area contributed by atoms with E-state index < -0.39 is 0 Å². The van der Waals surface area contributed by atoms with Crippen LogP contribution in [0.15, 0.2) is 11.4 Å². The van der Waals surface area contributed by atoms with Gasteiger partial charge in [0.25, 0.3) is 0 Å². The molecule has 17 heavy (non-hydrogen) atoms. The molecule has 2 heterocycles. The normalized spacial score (nSPS) is 16.5. The summed E-state index contributed by atoms with van der Waals surface area (Å²) in [5.74, 6) is 3.29. The Morgan fingerprint density at radius 2 is 2.24 bits per heavy atom. The highest BCUT2D eigenvalue weighted by Crippen LogP contribution is 2.34. The molecule has 1 aliphatic carbocycles. The molecule has 3 rings (SSSR count). The smallest absolute Gasteiger partial charge is 0.191 e. The molecular weight excluding hydrogens is 234 g/mol. The fraction of sp³-hybridized carbons (Fsp3) is 0.500. The van der Waals surface area contributed by atoms with Crippen molar-refractivity contribution in [1.29, 1.82) is 0 Å². The van der Waals surface area contributed by atoms with Crippen molar-refractivity contribution in [3.63, 3.8) is 0 Å². The van der Waals surface area contributed by atoms with Gasteiger partial charge in [-0.1, -0.05) is 12.8 Å². The second kappa shape index (κ2) is 4.49. The minimum Gasteiger partial charge on any atom is -0.496 e. The van der Waals surface area contributed by atoms with Crippen LogP contribution in [0.3, 0.4) is 0 Å². The number of nitrogens with one attached hydrogen (secondary N) is 1. The van der Waals surface area contributed by atoms with E-state index in [9.17, 15) is 0 Å². The Morgan fingerprint density at radius 1 is 1.41 bits per heavy atom. The molecule has 0 radical (unpaired) electrons. The van der Waals surface area contributed by atoms with Gasteiger partial charge in [0.05, 0.1) is 12.0 Å². The second-order valence-electron chi connectivity index (χ2n) is 4.38. The molecule has 1 fully saturated rings. The summed E-state index contributed by atoms with van der Waals surface area (Å²) in [5.41, 5.74) is 0. The molecule has 0 saturated heterocycles. The second-order valence-corrected chi connectivity index (χ2v) is 5.29. The molecule has 1 aliphatic rings. The summed E-state index contributed by atoms with van der Waals surface area (Å²) < 4.78 is 5.17. The number of H-pyrrole nitrogens is 1. The first-order valence-electron chi connectivity index (χ1n) is 5.92. The van der Waals surface area contributed by atoms with Crippen molar-refractivity contribution in [2.75, 3.05) is 7.11 Å². The number of methoxy groups -OCH3 is 1. The zero-order valence-corrected chi connectivity index (χ0v) is 10.6. The van der Waals surface area contributed by atoms with Gasteiger partial charge < -0.3 is 4.74 Å². The Hall–Kier alpha value is -1.36. The SMILES string of the molecule is COc1csc(-c2n[nH]c(C3CCCC3)n2)c1. The van der Waals surface area contributed by atoms with E-state index in [0.717, 1.165) is 22.3 Å². The maximum Gasteiger partial charge on any atom is 0.191 e. The van der Waals surface area contributed by atoms with Crippen LogP contribution in [0.25, 0.3) is 10.7 Å². The highest BCUT2D eigenvalue weighted by atomic mass is 32.1. The molecule has 2 aromatic heterocycles. The number of hydrogen-bond donors (Lipinski definition) is 1. The molecule has 0 aliphatic heterocycles. The van der Waals surface area contributed by atoms with Crippen LogP contribution in [0.5, 0.6) is 5.75 Å². The van der Waals surface area contributed by atoms with Crippen molar-refractivity contribution in [2.45, 2.75) is 31.6 Å². The van der Waals surface area contributed by atoms with Crippen LogP contribution >= 0.6 is 11.3 Å². The third-order valence-corrected chi connectivity index (χ3v) is 4.18. The van der Waals surface area contributed by atoms with Crippen molar-refractivity contribution in [1.82, 2.24) is 15.2 Å². The van der Waals surface area contributed by atoms with Gasteiger partial charge in [0.2, 0.25) is 0 Å². The van der Waals surface area contributed by atoms with Crippen LogP contribution < -0.4 is 4.74 Å². The summed E-state index contributed by atoms with van der Waals surface area (Å²) in [6.45, 7) is 0. The van der Waals surface area contributed by atoms with Gasteiger partial charge >= 0.3 is 0 Å². The van der Waals surface area contributed by atoms with Gasteiger partial charge in [0.1, 0.15) is 11.6 Å². The number of aromatic amines is 1. The molecule has 2 aromatic rings.